The molecule has 0 aliphatic heterocycles. The van der Waals surface area contributed by atoms with Gasteiger partial charge in [-0.1, -0.05) is 63.6 Å². The molecule has 0 heterocycles. The lowest BCUT2D eigenvalue weighted by Gasteiger charge is -2.30. The van der Waals surface area contributed by atoms with E-state index in [1.165, 1.54) is 38.5 Å². The fourth-order valence-electron chi connectivity index (χ4n) is 3.53. The predicted molar refractivity (Wildman–Crippen MR) is 94.2 cm³/mol. The lowest BCUT2D eigenvalue weighted by molar-refractivity contribution is -0.125. The SMILES string of the molecule is CCCCCCCC(Nc1ccccc1)C1CCCCC1=O. The average Bonchev–Trinajstić information content (AvgIpc) is 2.55. The van der Waals surface area contributed by atoms with E-state index in [9.17, 15) is 4.79 Å². The number of carbonyl (C=O) groups excluding carboxylic acids is 1. The van der Waals surface area contributed by atoms with Crippen LogP contribution in [0.3, 0.4) is 0 Å². The molecule has 0 radical (unpaired) electrons. The molecular weight excluding hydrogens is 270 g/mol. The van der Waals surface area contributed by atoms with Crippen molar-refractivity contribution in [2.45, 2.75) is 77.2 Å². The Balaban J connectivity index is 1.92. The van der Waals surface area contributed by atoms with Gasteiger partial charge in [-0.3, -0.25) is 4.79 Å². The van der Waals surface area contributed by atoms with Crippen LogP contribution in [0.1, 0.15) is 71.1 Å². The van der Waals surface area contributed by atoms with Crippen LogP contribution in [-0.4, -0.2) is 11.8 Å². The summed E-state index contributed by atoms with van der Waals surface area (Å²) in [4.78, 5) is 12.3. The molecule has 1 aliphatic carbocycles. The van der Waals surface area contributed by atoms with Gasteiger partial charge in [0.15, 0.2) is 0 Å². The zero-order valence-corrected chi connectivity index (χ0v) is 14.0. The van der Waals surface area contributed by atoms with Crippen LogP contribution in [0.4, 0.5) is 5.69 Å². The van der Waals surface area contributed by atoms with Gasteiger partial charge in [0.1, 0.15) is 5.78 Å². The number of ketones is 1. The molecule has 1 aliphatic rings. The first-order chi connectivity index (χ1) is 10.8. The van der Waals surface area contributed by atoms with Crippen molar-refractivity contribution in [1.82, 2.24) is 0 Å². The molecule has 1 aromatic rings. The molecule has 2 unspecified atom stereocenters. The molecule has 2 heteroatoms. The molecule has 0 saturated heterocycles. The van der Waals surface area contributed by atoms with Gasteiger partial charge in [-0.25, -0.2) is 0 Å². The largest absolute Gasteiger partial charge is 0.382 e. The van der Waals surface area contributed by atoms with Crippen molar-refractivity contribution >= 4 is 11.5 Å². The van der Waals surface area contributed by atoms with Crippen molar-refractivity contribution in [3.63, 3.8) is 0 Å². The van der Waals surface area contributed by atoms with Gasteiger partial charge in [0.25, 0.3) is 0 Å². The van der Waals surface area contributed by atoms with E-state index in [1.807, 2.05) is 6.07 Å². The second-order valence-electron chi connectivity index (χ2n) is 6.64. The molecule has 2 atom stereocenters. The van der Waals surface area contributed by atoms with Gasteiger partial charge < -0.3 is 5.32 Å². The number of rotatable bonds is 9. The van der Waals surface area contributed by atoms with E-state index in [-0.39, 0.29) is 5.92 Å². The summed E-state index contributed by atoms with van der Waals surface area (Å²) in [6.45, 7) is 2.25. The van der Waals surface area contributed by atoms with E-state index in [4.69, 9.17) is 0 Å². The number of anilines is 1. The number of Topliss-reactive ketones (excluding diaryl/α,β-unsaturated/α-hetero) is 1. The van der Waals surface area contributed by atoms with Crippen LogP contribution < -0.4 is 5.32 Å². The van der Waals surface area contributed by atoms with Gasteiger partial charge in [-0.2, -0.15) is 0 Å². The first-order valence-corrected chi connectivity index (χ1v) is 9.15. The van der Waals surface area contributed by atoms with E-state index in [2.05, 4.69) is 36.5 Å². The molecule has 1 fully saturated rings. The summed E-state index contributed by atoms with van der Waals surface area (Å²) in [7, 11) is 0. The number of benzene rings is 1. The van der Waals surface area contributed by atoms with Crippen LogP contribution in [-0.2, 0) is 4.79 Å². The van der Waals surface area contributed by atoms with Gasteiger partial charge in [-0.15, -0.1) is 0 Å². The summed E-state index contributed by atoms with van der Waals surface area (Å²) in [5.74, 6) is 0.702. The lowest BCUT2D eigenvalue weighted by Crippen LogP contribution is -2.36. The highest BCUT2D eigenvalue weighted by atomic mass is 16.1. The molecule has 1 N–H and O–H groups in total. The zero-order valence-electron chi connectivity index (χ0n) is 14.0. The third kappa shape index (κ3) is 5.47. The predicted octanol–water partition coefficient (Wildman–Crippen LogP) is 5.59. The molecule has 122 valence electrons. The highest BCUT2D eigenvalue weighted by molar-refractivity contribution is 5.82. The van der Waals surface area contributed by atoms with Gasteiger partial charge >= 0.3 is 0 Å². The van der Waals surface area contributed by atoms with Gasteiger partial charge in [-0.05, 0) is 31.4 Å². The normalized spacial score (nSPS) is 19.9. The van der Waals surface area contributed by atoms with Crippen molar-refractivity contribution in [2.24, 2.45) is 5.92 Å². The summed E-state index contributed by atoms with van der Waals surface area (Å²) in [5, 5.41) is 3.65. The standard InChI is InChI=1S/C20H31NO/c1-2-3-4-5-9-15-19(18-14-10-11-16-20(18)22)21-17-12-7-6-8-13-17/h6-8,12-13,18-19,21H,2-5,9-11,14-16H2,1H3. The number of nitrogens with one attached hydrogen (secondary N) is 1. The Kier molecular flexibility index (Phi) is 7.48. The number of carbonyl (C=O) groups is 1. The van der Waals surface area contributed by atoms with E-state index >= 15 is 0 Å². The van der Waals surface area contributed by atoms with Crippen LogP contribution in [0.5, 0.6) is 0 Å². The molecule has 2 nitrogen and oxygen atoms in total. The maximum absolute atomic E-state index is 12.3. The minimum absolute atomic E-state index is 0.222. The topological polar surface area (TPSA) is 29.1 Å². The molecule has 0 aromatic heterocycles. The maximum Gasteiger partial charge on any atom is 0.138 e. The minimum Gasteiger partial charge on any atom is -0.382 e. The van der Waals surface area contributed by atoms with Gasteiger partial charge in [0, 0.05) is 24.1 Å². The summed E-state index contributed by atoms with van der Waals surface area (Å²) < 4.78 is 0. The zero-order chi connectivity index (χ0) is 15.6. The lowest BCUT2D eigenvalue weighted by atomic mass is 9.80. The first-order valence-electron chi connectivity index (χ1n) is 9.15. The van der Waals surface area contributed by atoms with Crippen molar-refractivity contribution in [1.29, 1.82) is 0 Å². The summed E-state index contributed by atoms with van der Waals surface area (Å²) in [6.07, 6.45) is 11.7. The Morgan fingerprint density at radius 2 is 1.86 bits per heavy atom. The highest BCUT2D eigenvalue weighted by Gasteiger charge is 2.29. The minimum atomic E-state index is 0.222. The highest BCUT2D eigenvalue weighted by Crippen LogP contribution is 2.28. The van der Waals surface area contributed by atoms with E-state index in [0.717, 1.165) is 31.4 Å². The average molecular weight is 301 g/mol. The summed E-state index contributed by atoms with van der Waals surface area (Å²) in [5.41, 5.74) is 1.15. The second-order valence-corrected chi connectivity index (χ2v) is 6.64. The Morgan fingerprint density at radius 1 is 1.09 bits per heavy atom. The van der Waals surface area contributed by atoms with Gasteiger partial charge in [0.05, 0.1) is 0 Å². The summed E-state index contributed by atoms with van der Waals surface area (Å²) in [6, 6.07) is 10.7. The number of unbranched alkanes of at least 4 members (excludes halogenated alkanes) is 4. The van der Waals surface area contributed by atoms with E-state index in [1.54, 1.807) is 0 Å². The van der Waals surface area contributed by atoms with Crippen molar-refractivity contribution in [3.05, 3.63) is 30.3 Å². The van der Waals surface area contributed by atoms with Crippen molar-refractivity contribution < 1.29 is 4.79 Å². The van der Waals surface area contributed by atoms with Gasteiger partial charge in [0.2, 0.25) is 0 Å². The molecule has 2 rings (SSSR count). The second kappa shape index (κ2) is 9.66. The van der Waals surface area contributed by atoms with Crippen molar-refractivity contribution in [3.8, 4) is 0 Å². The van der Waals surface area contributed by atoms with Crippen LogP contribution in [0.25, 0.3) is 0 Å². The first kappa shape index (κ1) is 17.1. The van der Waals surface area contributed by atoms with E-state index < -0.39 is 0 Å². The number of para-hydroxylation sites is 1. The Morgan fingerprint density at radius 3 is 2.59 bits per heavy atom. The van der Waals surface area contributed by atoms with E-state index in [0.29, 0.717) is 11.8 Å². The molecule has 22 heavy (non-hydrogen) atoms. The Bertz CT molecular complexity index is 429. The van der Waals surface area contributed by atoms with Crippen LogP contribution in [0, 0.1) is 5.92 Å². The maximum atomic E-state index is 12.3. The Labute approximate surface area is 135 Å². The fraction of sp³-hybridized carbons (Fsp3) is 0.650. The molecule has 1 aromatic carbocycles. The molecule has 0 bridgehead atoms. The van der Waals surface area contributed by atoms with Crippen molar-refractivity contribution in [2.75, 3.05) is 5.32 Å². The molecule has 1 saturated carbocycles. The molecule has 0 spiro atoms. The molecular formula is C20H31NO. The fourth-order valence-corrected chi connectivity index (χ4v) is 3.53. The Hall–Kier alpha value is -1.31. The molecule has 0 amide bonds. The van der Waals surface area contributed by atoms with Crippen LogP contribution in [0.15, 0.2) is 30.3 Å². The van der Waals surface area contributed by atoms with Crippen LogP contribution >= 0.6 is 0 Å². The summed E-state index contributed by atoms with van der Waals surface area (Å²) >= 11 is 0. The quantitative estimate of drug-likeness (QED) is 0.603. The third-order valence-corrected chi connectivity index (χ3v) is 4.83. The number of hydrogen-bond donors (Lipinski definition) is 1. The smallest absolute Gasteiger partial charge is 0.138 e. The monoisotopic (exact) mass is 301 g/mol. The third-order valence-electron chi connectivity index (χ3n) is 4.83. The number of hydrogen-bond acceptors (Lipinski definition) is 2. The van der Waals surface area contributed by atoms with Crippen LogP contribution in [0.2, 0.25) is 0 Å².